The summed E-state index contributed by atoms with van der Waals surface area (Å²) in [7, 11) is 0. The number of nitrogens with zero attached hydrogens (tertiary/aromatic N) is 1. The molecule has 0 atom stereocenters. The topological polar surface area (TPSA) is 84.1 Å². The number of rotatable bonds is 5. The molecule has 2 rings (SSSR count). The number of carbonyl (C=O) groups excluding carboxylic acids is 2. The Morgan fingerprint density at radius 1 is 1.32 bits per heavy atom. The van der Waals surface area contributed by atoms with Gasteiger partial charge in [-0.3, -0.25) is 14.7 Å². The van der Waals surface area contributed by atoms with Gasteiger partial charge in [-0.1, -0.05) is 12.1 Å². The number of esters is 1. The first-order valence-corrected chi connectivity index (χ1v) is 6.09. The summed E-state index contributed by atoms with van der Waals surface area (Å²) in [6.45, 7) is 2.05. The normalized spacial score (nSPS) is 10.4. The summed E-state index contributed by atoms with van der Waals surface area (Å²) in [4.78, 5) is 22.8. The van der Waals surface area contributed by atoms with Crippen molar-refractivity contribution < 1.29 is 14.3 Å². The number of hydrogen-bond acceptors (Lipinski definition) is 4. The van der Waals surface area contributed by atoms with Crippen molar-refractivity contribution in [2.45, 2.75) is 19.8 Å². The Morgan fingerprint density at radius 3 is 2.89 bits per heavy atom. The number of H-pyrrole nitrogens is 1. The van der Waals surface area contributed by atoms with Gasteiger partial charge in [0, 0.05) is 11.8 Å². The van der Waals surface area contributed by atoms with Gasteiger partial charge in [0.25, 0.3) is 0 Å². The van der Waals surface area contributed by atoms with Crippen LogP contribution in [0.2, 0.25) is 0 Å². The van der Waals surface area contributed by atoms with E-state index in [0.717, 1.165) is 10.9 Å². The third-order valence-electron chi connectivity index (χ3n) is 2.59. The van der Waals surface area contributed by atoms with Crippen LogP contribution in [0.5, 0.6) is 0 Å². The van der Waals surface area contributed by atoms with E-state index < -0.39 is 0 Å². The second-order valence-corrected chi connectivity index (χ2v) is 3.97. The van der Waals surface area contributed by atoms with E-state index in [1.165, 1.54) is 0 Å². The van der Waals surface area contributed by atoms with Gasteiger partial charge in [-0.25, -0.2) is 0 Å². The Hall–Kier alpha value is -2.37. The fourth-order valence-corrected chi connectivity index (χ4v) is 1.70. The number of aromatic amines is 1. The lowest BCUT2D eigenvalue weighted by Crippen LogP contribution is -2.14. The second kappa shape index (κ2) is 5.99. The van der Waals surface area contributed by atoms with Crippen LogP contribution in [0.1, 0.15) is 19.8 Å². The van der Waals surface area contributed by atoms with E-state index in [4.69, 9.17) is 4.74 Å². The zero-order valence-corrected chi connectivity index (χ0v) is 10.6. The number of carbonyl (C=O) groups is 2. The maximum atomic E-state index is 11.7. The molecule has 1 aromatic heterocycles. The zero-order chi connectivity index (χ0) is 13.7. The van der Waals surface area contributed by atoms with Gasteiger partial charge in [-0.15, -0.1) is 0 Å². The summed E-state index contributed by atoms with van der Waals surface area (Å²) in [5.41, 5.74) is 0.850. The third-order valence-corrected chi connectivity index (χ3v) is 2.59. The number of para-hydroxylation sites is 1. The van der Waals surface area contributed by atoms with Gasteiger partial charge < -0.3 is 10.1 Å². The lowest BCUT2D eigenvalue weighted by molar-refractivity contribution is -0.144. The molecule has 0 saturated heterocycles. The van der Waals surface area contributed by atoms with Crippen LogP contribution in [0.25, 0.3) is 10.9 Å². The fraction of sp³-hybridized carbons (Fsp3) is 0.308. The number of anilines is 1. The summed E-state index contributed by atoms with van der Waals surface area (Å²) >= 11 is 0. The van der Waals surface area contributed by atoms with Crippen LogP contribution in [0.4, 0.5) is 5.82 Å². The van der Waals surface area contributed by atoms with Crippen molar-refractivity contribution >= 4 is 28.6 Å². The van der Waals surface area contributed by atoms with Crippen LogP contribution in [0, 0.1) is 0 Å². The van der Waals surface area contributed by atoms with Crippen LogP contribution < -0.4 is 5.32 Å². The average molecular weight is 261 g/mol. The van der Waals surface area contributed by atoms with Crippen molar-refractivity contribution in [3.05, 3.63) is 24.3 Å². The van der Waals surface area contributed by atoms with E-state index in [-0.39, 0.29) is 24.7 Å². The van der Waals surface area contributed by atoms with E-state index in [9.17, 15) is 9.59 Å². The van der Waals surface area contributed by atoms with Gasteiger partial charge in [0.15, 0.2) is 5.82 Å². The Morgan fingerprint density at radius 2 is 2.11 bits per heavy atom. The molecule has 2 aromatic rings. The molecule has 0 fully saturated rings. The summed E-state index contributed by atoms with van der Waals surface area (Å²) < 4.78 is 4.76. The number of hydrogen-bond donors (Lipinski definition) is 2. The van der Waals surface area contributed by atoms with Gasteiger partial charge in [-0.2, -0.15) is 5.10 Å². The summed E-state index contributed by atoms with van der Waals surface area (Å²) in [5, 5.41) is 10.4. The van der Waals surface area contributed by atoms with Crippen molar-refractivity contribution in [3.8, 4) is 0 Å². The monoisotopic (exact) mass is 261 g/mol. The number of aromatic nitrogens is 2. The number of ether oxygens (including phenoxy) is 1. The largest absolute Gasteiger partial charge is 0.466 e. The fourth-order valence-electron chi connectivity index (χ4n) is 1.70. The first kappa shape index (κ1) is 13.1. The minimum atomic E-state index is -0.371. The van der Waals surface area contributed by atoms with Crippen LogP contribution in [-0.4, -0.2) is 28.7 Å². The molecule has 0 aliphatic heterocycles. The second-order valence-electron chi connectivity index (χ2n) is 3.97. The van der Waals surface area contributed by atoms with Gasteiger partial charge >= 0.3 is 5.97 Å². The van der Waals surface area contributed by atoms with Gasteiger partial charge in [0.1, 0.15) is 0 Å². The number of amides is 1. The predicted molar refractivity (Wildman–Crippen MR) is 70.6 cm³/mol. The molecule has 0 unspecified atom stereocenters. The third kappa shape index (κ3) is 3.31. The summed E-state index contributed by atoms with van der Waals surface area (Å²) in [6.07, 6.45) is 0.155. The molecule has 0 radical (unpaired) electrons. The van der Waals surface area contributed by atoms with E-state index in [1.54, 1.807) is 6.92 Å². The molecule has 1 heterocycles. The lowest BCUT2D eigenvalue weighted by Gasteiger charge is -2.02. The summed E-state index contributed by atoms with van der Waals surface area (Å²) in [6, 6.07) is 7.48. The highest BCUT2D eigenvalue weighted by atomic mass is 16.5. The molecule has 6 nitrogen and oxygen atoms in total. The number of fused-ring (bicyclic) bond motifs is 1. The molecule has 1 amide bonds. The van der Waals surface area contributed by atoms with Gasteiger partial charge in [-0.05, 0) is 19.1 Å². The minimum Gasteiger partial charge on any atom is -0.466 e. The molecule has 1 aromatic carbocycles. The van der Waals surface area contributed by atoms with E-state index in [1.807, 2.05) is 24.3 Å². The van der Waals surface area contributed by atoms with Crippen molar-refractivity contribution in [2.24, 2.45) is 0 Å². The minimum absolute atomic E-state index is 0.0715. The van der Waals surface area contributed by atoms with Crippen molar-refractivity contribution in [2.75, 3.05) is 11.9 Å². The van der Waals surface area contributed by atoms with Crippen LogP contribution in [0.3, 0.4) is 0 Å². The Kier molecular flexibility index (Phi) is 4.12. The highest BCUT2D eigenvalue weighted by molar-refractivity contribution is 6.00. The molecule has 0 bridgehead atoms. The van der Waals surface area contributed by atoms with Gasteiger partial charge in [0.05, 0.1) is 18.5 Å². The first-order chi connectivity index (χ1) is 9.20. The SMILES string of the molecule is CCOC(=O)CCC(=O)Nc1n[nH]c2ccccc12. The molecule has 0 aliphatic rings. The molecule has 6 heteroatoms. The maximum Gasteiger partial charge on any atom is 0.306 e. The highest BCUT2D eigenvalue weighted by Crippen LogP contribution is 2.19. The smallest absolute Gasteiger partial charge is 0.306 e. The van der Waals surface area contributed by atoms with Crippen LogP contribution in [-0.2, 0) is 14.3 Å². The van der Waals surface area contributed by atoms with E-state index in [0.29, 0.717) is 12.4 Å². The molecule has 0 saturated carbocycles. The van der Waals surface area contributed by atoms with E-state index in [2.05, 4.69) is 15.5 Å². The van der Waals surface area contributed by atoms with Gasteiger partial charge in [0.2, 0.25) is 5.91 Å². The lowest BCUT2D eigenvalue weighted by atomic mass is 10.2. The molecule has 0 aliphatic carbocycles. The van der Waals surface area contributed by atoms with Crippen molar-refractivity contribution in [1.29, 1.82) is 0 Å². The molecule has 2 N–H and O–H groups in total. The van der Waals surface area contributed by atoms with Crippen molar-refractivity contribution in [3.63, 3.8) is 0 Å². The molecular weight excluding hydrogens is 246 g/mol. The quantitative estimate of drug-likeness (QED) is 0.804. The molecule has 0 spiro atoms. The van der Waals surface area contributed by atoms with Crippen LogP contribution >= 0.6 is 0 Å². The first-order valence-electron chi connectivity index (χ1n) is 6.09. The van der Waals surface area contributed by atoms with Crippen molar-refractivity contribution in [1.82, 2.24) is 10.2 Å². The molecule has 100 valence electrons. The zero-order valence-electron chi connectivity index (χ0n) is 10.6. The Labute approximate surface area is 110 Å². The average Bonchev–Trinajstić information content (AvgIpc) is 2.80. The standard InChI is InChI=1S/C13H15N3O3/c1-2-19-12(18)8-7-11(17)14-13-9-5-3-4-6-10(9)15-16-13/h3-6H,2,7-8H2,1H3,(H2,14,15,16,17). The number of nitrogens with one attached hydrogen (secondary N) is 2. The van der Waals surface area contributed by atoms with Crippen LogP contribution in [0.15, 0.2) is 24.3 Å². The number of benzene rings is 1. The molecule has 19 heavy (non-hydrogen) atoms. The Balaban J connectivity index is 1.94. The van der Waals surface area contributed by atoms with E-state index >= 15 is 0 Å². The Bertz CT molecular complexity index is 592. The summed E-state index contributed by atoms with van der Waals surface area (Å²) in [5.74, 6) is -0.153. The maximum absolute atomic E-state index is 11.7. The molecular formula is C13H15N3O3. The highest BCUT2D eigenvalue weighted by Gasteiger charge is 2.11. The predicted octanol–water partition coefficient (Wildman–Crippen LogP) is 1.84.